The molecule has 3 rings (SSSR count). The molecule has 25 heavy (non-hydrogen) atoms. The first-order valence-corrected chi connectivity index (χ1v) is 9.18. The van der Waals surface area contributed by atoms with Crippen LogP contribution in [0, 0.1) is 6.92 Å². The lowest BCUT2D eigenvalue weighted by molar-refractivity contribution is -0.123. The van der Waals surface area contributed by atoms with Crippen LogP contribution in [0.4, 0.5) is 5.69 Å². The van der Waals surface area contributed by atoms with Gasteiger partial charge in [-0.2, -0.15) is 0 Å². The Morgan fingerprint density at radius 1 is 1.28 bits per heavy atom. The molecule has 5 nitrogen and oxygen atoms in total. The summed E-state index contributed by atoms with van der Waals surface area (Å²) in [5, 5.41) is 3.09. The lowest BCUT2D eigenvalue weighted by Crippen LogP contribution is -2.50. The van der Waals surface area contributed by atoms with Gasteiger partial charge in [-0.1, -0.05) is 18.6 Å². The molecule has 1 aromatic carbocycles. The van der Waals surface area contributed by atoms with Crippen molar-refractivity contribution >= 4 is 11.6 Å². The Hall–Kier alpha value is -2.14. The zero-order valence-corrected chi connectivity index (χ0v) is 15.4. The SMILES string of the molecule is Cc1nccn1Cc1ccc(NC(=O)[C@@H]2CCCCN2C(C)C)cc1. The average Bonchev–Trinajstić information content (AvgIpc) is 3.01. The van der Waals surface area contributed by atoms with Gasteiger partial charge in [0.05, 0.1) is 6.04 Å². The van der Waals surface area contributed by atoms with Gasteiger partial charge in [-0.05, 0) is 57.9 Å². The number of aromatic nitrogens is 2. The topological polar surface area (TPSA) is 50.2 Å². The van der Waals surface area contributed by atoms with Crippen molar-refractivity contribution in [3.63, 3.8) is 0 Å². The molecule has 1 aromatic heterocycles. The highest BCUT2D eigenvalue weighted by Gasteiger charge is 2.30. The molecule has 1 N–H and O–H groups in total. The summed E-state index contributed by atoms with van der Waals surface area (Å²) in [7, 11) is 0. The molecule has 1 atom stereocenters. The minimum atomic E-state index is -0.0120. The fourth-order valence-electron chi connectivity index (χ4n) is 3.54. The van der Waals surface area contributed by atoms with Crippen LogP contribution in [0.25, 0.3) is 0 Å². The van der Waals surface area contributed by atoms with Crippen LogP contribution in [-0.2, 0) is 11.3 Å². The van der Waals surface area contributed by atoms with Gasteiger partial charge in [0.1, 0.15) is 5.82 Å². The number of carbonyl (C=O) groups excluding carboxylic acids is 1. The maximum absolute atomic E-state index is 12.7. The molecule has 0 aliphatic carbocycles. The van der Waals surface area contributed by atoms with Crippen LogP contribution in [0.15, 0.2) is 36.7 Å². The van der Waals surface area contributed by atoms with Crippen molar-refractivity contribution in [1.82, 2.24) is 14.5 Å². The van der Waals surface area contributed by atoms with Crippen molar-refractivity contribution in [2.45, 2.75) is 58.7 Å². The molecular formula is C20H28N4O. The van der Waals surface area contributed by atoms with E-state index >= 15 is 0 Å². The fourth-order valence-corrected chi connectivity index (χ4v) is 3.54. The van der Waals surface area contributed by atoms with Gasteiger partial charge < -0.3 is 9.88 Å². The summed E-state index contributed by atoms with van der Waals surface area (Å²) in [6.07, 6.45) is 7.06. The van der Waals surface area contributed by atoms with Gasteiger partial charge in [-0.25, -0.2) is 4.98 Å². The Morgan fingerprint density at radius 3 is 2.68 bits per heavy atom. The smallest absolute Gasteiger partial charge is 0.241 e. The number of nitrogens with one attached hydrogen (secondary N) is 1. The van der Waals surface area contributed by atoms with Crippen LogP contribution in [-0.4, -0.2) is 39.0 Å². The Labute approximate surface area is 150 Å². The van der Waals surface area contributed by atoms with E-state index in [9.17, 15) is 4.79 Å². The second kappa shape index (κ2) is 7.83. The van der Waals surface area contributed by atoms with Gasteiger partial charge in [0.15, 0.2) is 0 Å². The normalized spacial score (nSPS) is 18.5. The number of piperidine rings is 1. The predicted octanol–water partition coefficient (Wildman–Crippen LogP) is 3.44. The predicted molar refractivity (Wildman–Crippen MR) is 101 cm³/mol. The van der Waals surface area contributed by atoms with E-state index in [0.29, 0.717) is 6.04 Å². The molecule has 1 saturated heterocycles. The Bertz CT molecular complexity index is 705. The number of aryl methyl sites for hydroxylation is 1. The standard InChI is InChI=1S/C20H28N4O/c1-15(2)24-12-5-4-6-19(24)20(25)22-18-9-7-17(8-10-18)14-23-13-11-21-16(23)3/h7-11,13,15,19H,4-6,12,14H2,1-3H3,(H,22,25)/t19-/m0/s1. The summed E-state index contributed by atoms with van der Waals surface area (Å²) in [4.78, 5) is 19.3. The number of benzene rings is 1. The first kappa shape index (κ1) is 17.7. The molecule has 5 heteroatoms. The molecule has 1 amide bonds. The number of hydrogen-bond donors (Lipinski definition) is 1. The molecule has 0 bridgehead atoms. The van der Waals surface area contributed by atoms with Gasteiger partial charge in [0.25, 0.3) is 0 Å². The minimum absolute atomic E-state index is 0.0120. The van der Waals surface area contributed by atoms with Crippen LogP contribution < -0.4 is 5.32 Å². The number of anilines is 1. The van der Waals surface area contributed by atoms with E-state index in [1.54, 1.807) is 0 Å². The number of carbonyl (C=O) groups is 1. The van der Waals surface area contributed by atoms with E-state index in [0.717, 1.165) is 37.4 Å². The minimum Gasteiger partial charge on any atom is -0.331 e. The monoisotopic (exact) mass is 340 g/mol. The fraction of sp³-hybridized carbons (Fsp3) is 0.500. The van der Waals surface area contributed by atoms with E-state index in [4.69, 9.17) is 0 Å². The van der Waals surface area contributed by atoms with Gasteiger partial charge in [0.2, 0.25) is 5.91 Å². The van der Waals surface area contributed by atoms with Gasteiger partial charge in [0, 0.05) is 30.7 Å². The van der Waals surface area contributed by atoms with Gasteiger partial charge in [-0.15, -0.1) is 0 Å². The lowest BCUT2D eigenvalue weighted by atomic mass is 9.99. The maximum Gasteiger partial charge on any atom is 0.241 e. The summed E-state index contributed by atoms with van der Waals surface area (Å²) in [5.41, 5.74) is 2.06. The molecule has 0 unspecified atom stereocenters. The van der Waals surface area contributed by atoms with Gasteiger partial charge >= 0.3 is 0 Å². The molecule has 0 radical (unpaired) electrons. The highest BCUT2D eigenvalue weighted by molar-refractivity contribution is 5.94. The van der Waals surface area contributed by atoms with E-state index < -0.39 is 0 Å². The number of likely N-dealkylation sites (tertiary alicyclic amines) is 1. The highest BCUT2D eigenvalue weighted by atomic mass is 16.2. The highest BCUT2D eigenvalue weighted by Crippen LogP contribution is 2.21. The molecular weight excluding hydrogens is 312 g/mol. The quantitative estimate of drug-likeness (QED) is 0.907. The zero-order chi connectivity index (χ0) is 17.8. The Kier molecular flexibility index (Phi) is 5.53. The van der Waals surface area contributed by atoms with E-state index in [1.165, 1.54) is 12.0 Å². The summed E-state index contributed by atoms with van der Waals surface area (Å²) < 4.78 is 2.11. The van der Waals surface area contributed by atoms with Crippen LogP contribution in [0.2, 0.25) is 0 Å². The third-order valence-electron chi connectivity index (χ3n) is 5.01. The first-order valence-electron chi connectivity index (χ1n) is 9.18. The second-order valence-electron chi connectivity index (χ2n) is 7.13. The van der Waals surface area contributed by atoms with Gasteiger partial charge in [-0.3, -0.25) is 9.69 Å². The largest absolute Gasteiger partial charge is 0.331 e. The van der Waals surface area contributed by atoms with E-state index in [1.807, 2.05) is 31.5 Å². The molecule has 134 valence electrons. The number of nitrogens with zero attached hydrogens (tertiary/aromatic N) is 3. The zero-order valence-electron chi connectivity index (χ0n) is 15.4. The van der Waals surface area contributed by atoms with Crippen LogP contribution in [0.5, 0.6) is 0 Å². The first-order chi connectivity index (χ1) is 12.0. The van der Waals surface area contributed by atoms with Crippen molar-refractivity contribution < 1.29 is 4.79 Å². The van der Waals surface area contributed by atoms with Crippen LogP contribution in [0.1, 0.15) is 44.5 Å². The number of rotatable bonds is 5. The maximum atomic E-state index is 12.7. The molecule has 0 spiro atoms. The average molecular weight is 340 g/mol. The number of amides is 1. The van der Waals surface area contributed by atoms with Crippen molar-refractivity contribution in [2.24, 2.45) is 0 Å². The van der Waals surface area contributed by atoms with E-state index in [2.05, 4.69) is 45.7 Å². The molecule has 1 fully saturated rings. The molecule has 1 aliphatic heterocycles. The third kappa shape index (κ3) is 4.28. The van der Waals surface area contributed by atoms with Crippen molar-refractivity contribution in [3.05, 3.63) is 48.0 Å². The summed E-state index contributed by atoms with van der Waals surface area (Å²) in [5.74, 6) is 1.12. The van der Waals surface area contributed by atoms with Crippen LogP contribution in [0.3, 0.4) is 0 Å². The number of hydrogen-bond acceptors (Lipinski definition) is 3. The van der Waals surface area contributed by atoms with Crippen molar-refractivity contribution in [3.8, 4) is 0 Å². The third-order valence-corrected chi connectivity index (χ3v) is 5.01. The Morgan fingerprint density at radius 2 is 2.04 bits per heavy atom. The second-order valence-corrected chi connectivity index (χ2v) is 7.13. The Balaban J connectivity index is 1.62. The van der Waals surface area contributed by atoms with E-state index in [-0.39, 0.29) is 11.9 Å². The summed E-state index contributed by atoms with van der Waals surface area (Å²) in [6, 6.07) is 8.50. The summed E-state index contributed by atoms with van der Waals surface area (Å²) in [6.45, 7) is 8.14. The van der Waals surface area contributed by atoms with Crippen molar-refractivity contribution in [2.75, 3.05) is 11.9 Å². The number of imidazole rings is 1. The summed E-state index contributed by atoms with van der Waals surface area (Å²) >= 11 is 0. The molecule has 2 heterocycles. The molecule has 0 saturated carbocycles. The molecule has 1 aliphatic rings. The van der Waals surface area contributed by atoms with Crippen LogP contribution >= 0.6 is 0 Å². The van der Waals surface area contributed by atoms with Crippen molar-refractivity contribution in [1.29, 1.82) is 0 Å². The lowest BCUT2D eigenvalue weighted by Gasteiger charge is -2.37. The molecule has 2 aromatic rings.